The number of esters is 1. The molecule has 0 unspecified atom stereocenters. The summed E-state index contributed by atoms with van der Waals surface area (Å²) in [5.74, 6) is -1.68. The predicted molar refractivity (Wildman–Crippen MR) is 103 cm³/mol. The van der Waals surface area contributed by atoms with Gasteiger partial charge in [0.15, 0.2) is 11.5 Å². The van der Waals surface area contributed by atoms with Crippen LogP contribution in [0.4, 0.5) is 0 Å². The largest absolute Gasteiger partial charge is 0.454 e. The molecule has 2 heterocycles. The Balaban J connectivity index is 1.62. The number of nitrogens with zero attached hydrogens (tertiary/aromatic N) is 1. The maximum atomic E-state index is 12.9. The van der Waals surface area contributed by atoms with Gasteiger partial charge in [0, 0.05) is 12.3 Å². The summed E-state index contributed by atoms with van der Waals surface area (Å²) in [5.41, 5.74) is 0.311. The smallest absolute Gasteiger partial charge is 0.334 e. The molecule has 0 fully saturated rings. The number of fused-ring (bicyclic) bond motifs is 2. The van der Waals surface area contributed by atoms with Crippen molar-refractivity contribution in [1.82, 2.24) is 4.90 Å². The van der Waals surface area contributed by atoms with Gasteiger partial charge in [-0.05, 0) is 30.7 Å². The molecule has 2 amide bonds. The van der Waals surface area contributed by atoms with Crippen molar-refractivity contribution < 1.29 is 37.0 Å². The zero-order valence-electron chi connectivity index (χ0n) is 15.9. The molecule has 0 saturated carbocycles. The first kappa shape index (κ1) is 19.9. The third-order valence-corrected chi connectivity index (χ3v) is 5.71. The van der Waals surface area contributed by atoms with Crippen LogP contribution in [0.2, 0.25) is 0 Å². The fourth-order valence-corrected chi connectivity index (χ4v) is 3.94. The van der Waals surface area contributed by atoms with Crippen molar-refractivity contribution in [3.05, 3.63) is 53.6 Å². The molecule has 2 aromatic rings. The number of hydrogen-bond acceptors (Lipinski definition) is 8. The van der Waals surface area contributed by atoms with Crippen LogP contribution in [0.15, 0.2) is 42.5 Å². The molecule has 0 bridgehead atoms. The van der Waals surface area contributed by atoms with Gasteiger partial charge in [0.1, 0.15) is 21.6 Å². The summed E-state index contributed by atoms with van der Waals surface area (Å²) in [6, 6.07) is 9.22. The second-order valence-electron chi connectivity index (χ2n) is 6.90. The number of carbonyl (C=O) groups excluding carboxylic acids is 3. The van der Waals surface area contributed by atoms with E-state index in [-0.39, 0.29) is 30.1 Å². The maximum Gasteiger partial charge on any atom is 0.334 e. The van der Waals surface area contributed by atoms with Gasteiger partial charge in [0.25, 0.3) is 11.8 Å². The van der Waals surface area contributed by atoms with Gasteiger partial charge in [-0.15, -0.1) is 0 Å². The quantitative estimate of drug-likeness (QED) is 0.383. The molecule has 0 aromatic heterocycles. The molecule has 1 atom stereocenters. The molecular formula is C20H17NO8S. The van der Waals surface area contributed by atoms with E-state index in [2.05, 4.69) is 0 Å². The number of imide groups is 1. The van der Waals surface area contributed by atoms with E-state index in [9.17, 15) is 22.8 Å². The molecule has 10 heteroatoms. The number of hydrogen-bond donors (Lipinski definition) is 0. The van der Waals surface area contributed by atoms with Gasteiger partial charge in [-0.2, -0.15) is 0 Å². The van der Waals surface area contributed by atoms with E-state index in [1.54, 1.807) is 18.2 Å². The lowest BCUT2D eigenvalue weighted by Crippen LogP contribution is -2.47. The second-order valence-corrected chi connectivity index (χ2v) is 9.16. The van der Waals surface area contributed by atoms with Crippen molar-refractivity contribution in [3.8, 4) is 17.2 Å². The lowest BCUT2D eigenvalue weighted by atomic mass is 10.1. The van der Waals surface area contributed by atoms with Gasteiger partial charge >= 0.3 is 5.97 Å². The van der Waals surface area contributed by atoms with Crippen molar-refractivity contribution in [1.29, 1.82) is 0 Å². The van der Waals surface area contributed by atoms with Gasteiger partial charge in [0.05, 0.1) is 16.9 Å². The van der Waals surface area contributed by atoms with Crippen LogP contribution >= 0.6 is 0 Å². The Morgan fingerprint density at radius 2 is 1.70 bits per heavy atom. The molecule has 0 saturated heterocycles. The van der Waals surface area contributed by atoms with E-state index in [1.165, 1.54) is 24.3 Å². The van der Waals surface area contributed by atoms with E-state index in [0.717, 1.165) is 11.2 Å². The van der Waals surface area contributed by atoms with E-state index < -0.39 is 39.4 Å². The highest BCUT2D eigenvalue weighted by Gasteiger charge is 2.43. The van der Waals surface area contributed by atoms with Gasteiger partial charge in [-0.3, -0.25) is 14.5 Å². The summed E-state index contributed by atoms with van der Waals surface area (Å²) < 4.78 is 39.1. The molecule has 9 nitrogen and oxygen atoms in total. The van der Waals surface area contributed by atoms with Gasteiger partial charge in [-0.1, -0.05) is 12.1 Å². The summed E-state index contributed by atoms with van der Waals surface area (Å²) in [6.07, 6.45) is 0.725. The summed E-state index contributed by atoms with van der Waals surface area (Å²) >= 11 is 0. The Bertz CT molecular complexity index is 1120. The lowest BCUT2D eigenvalue weighted by molar-refractivity contribution is -0.138. The molecule has 30 heavy (non-hydrogen) atoms. The van der Waals surface area contributed by atoms with Crippen molar-refractivity contribution in [3.63, 3.8) is 0 Å². The molecule has 2 aromatic carbocycles. The Labute approximate surface area is 172 Å². The van der Waals surface area contributed by atoms with Crippen molar-refractivity contribution in [2.75, 3.05) is 18.8 Å². The number of amides is 2. The number of rotatable bonds is 6. The molecular weight excluding hydrogens is 414 g/mol. The SMILES string of the molecule is CS(=O)(=O)CC[C@@H](C(=O)Oc1ccc2c(c1)OCO2)N1C(=O)c2ccccc2C1=O. The Morgan fingerprint density at radius 1 is 1.07 bits per heavy atom. The van der Waals surface area contributed by atoms with Crippen LogP contribution in [-0.4, -0.2) is 55.9 Å². The van der Waals surface area contributed by atoms with Crippen LogP contribution in [0.3, 0.4) is 0 Å². The maximum absolute atomic E-state index is 12.9. The van der Waals surface area contributed by atoms with Crippen LogP contribution in [0.5, 0.6) is 17.2 Å². The minimum Gasteiger partial charge on any atom is -0.454 e. The molecule has 156 valence electrons. The minimum absolute atomic E-state index is 0.0404. The first-order valence-corrected chi connectivity index (χ1v) is 11.1. The van der Waals surface area contributed by atoms with Gasteiger partial charge in [-0.25, -0.2) is 13.2 Å². The third kappa shape index (κ3) is 3.73. The van der Waals surface area contributed by atoms with Crippen molar-refractivity contribution in [2.45, 2.75) is 12.5 Å². The number of sulfone groups is 1. The van der Waals surface area contributed by atoms with Crippen LogP contribution < -0.4 is 14.2 Å². The standard InChI is InChI=1S/C20H17NO8S/c1-30(25,26)9-8-15(21-18(22)13-4-2-3-5-14(13)19(21)23)20(24)29-12-6-7-16-17(10-12)28-11-27-16/h2-7,10,15H,8-9,11H2,1H3/t15-/m0/s1. The fraction of sp³-hybridized carbons (Fsp3) is 0.250. The molecule has 0 radical (unpaired) electrons. The number of carbonyl (C=O) groups is 3. The van der Waals surface area contributed by atoms with Gasteiger partial charge < -0.3 is 14.2 Å². The lowest BCUT2D eigenvalue weighted by Gasteiger charge is -2.24. The normalized spacial score (nSPS) is 15.8. The number of ether oxygens (including phenoxy) is 3. The average Bonchev–Trinajstić information content (AvgIpc) is 3.25. The Hall–Kier alpha value is -3.40. The molecule has 2 aliphatic heterocycles. The van der Waals surface area contributed by atoms with Crippen LogP contribution in [0.1, 0.15) is 27.1 Å². The van der Waals surface area contributed by atoms with E-state index in [0.29, 0.717) is 11.5 Å². The molecule has 2 aliphatic rings. The molecule has 0 N–H and O–H groups in total. The van der Waals surface area contributed by atoms with Crippen LogP contribution in [-0.2, 0) is 14.6 Å². The Kier molecular flexibility index (Phi) is 4.94. The highest BCUT2D eigenvalue weighted by molar-refractivity contribution is 7.90. The second kappa shape index (κ2) is 7.45. The fourth-order valence-electron chi connectivity index (χ4n) is 3.29. The third-order valence-electron chi connectivity index (χ3n) is 4.73. The van der Waals surface area contributed by atoms with E-state index in [1.807, 2.05) is 0 Å². The van der Waals surface area contributed by atoms with Crippen molar-refractivity contribution in [2.24, 2.45) is 0 Å². The van der Waals surface area contributed by atoms with Crippen LogP contribution in [0.25, 0.3) is 0 Å². The zero-order chi connectivity index (χ0) is 21.5. The molecule has 0 aliphatic carbocycles. The first-order chi connectivity index (χ1) is 14.2. The van der Waals surface area contributed by atoms with E-state index >= 15 is 0 Å². The van der Waals surface area contributed by atoms with Crippen molar-refractivity contribution >= 4 is 27.6 Å². The predicted octanol–water partition coefficient (Wildman–Crippen LogP) is 1.42. The summed E-state index contributed by atoms with van der Waals surface area (Å²) in [4.78, 5) is 39.3. The summed E-state index contributed by atoms with van der Waals surface area (Å²) in [7, 11) is -3.46. The summed E-state index contributed by atoms with van der Waals surface area (Å²) in [5, 5.41) is 0. The highest BCUT2D eigenvalue weighted by atomic mass is 32.2. The first-order valence-electron chi connectivity index (χ1n) is 9.00. The zero-order valence-corrected chi connectivity index (χ0v) is 16.7. The van der Waals surface area contributed by atoms with Crippen LogP contribution in [0, 0.1) is 0 Å². The monoisotopic (exact) mass is 431 g/mol. The number of benzene rings is 2. The minimum atomic E-state index is -3.46. The topological polar surface area (TPSA) is 116 Å². The highest BCUT2D eigenvalue weighted by Crippen LogP contribution is 2.35. The average molecular weight is 431 g/mol. The Morgan fingerprint density at radius 3 is 2.33 bits per heavy atom. The molecule has 4 rings (SSSR count). The molecule has 0 spiro atoms. The van der Waals surface area contributed by atoms with E-state index in [4.69, 9.17) is 14.2 Å². The van der Waals surface area contributed by atoms with Gasteiger partial charge in [0.2, 0.25) is 6.79 Å². The summed E-state index contributed by atoms with van der Waals surface area (Å²) in [6.45, 7) is 0.0404.